The first-order chi connectivity index (χ1) is 16.4. The molecule has 2 unspecified atom stereocenters. The number of benzene rings is 1. The van der Waals surface area contributed by atoms with Crippen LogP contribution in [0.15, 0.2) is 48.8 Å². The number of pyridine rings is 1. The molecule has 0 amide bonds. The van der Waals surface area contributed by atoms with Crippen molar-refractivity contribution in [3.05, 3.63) is 82.4 Å². The molecule has 35 heavy (non-hydrogen) atoms. The number of aromatic nitrogens is 3. The Balaban J connectivity index is 1.65. The fourth-order valence-corrected chi connectivity index (χ4v) is 5.51. The van der Waals surface area contributed by atoms with Gasteiger partial charge >= 0.3 is 0 Å². The minimum atomic E-state index is -1.17. The van der Waals surface area contributed by atoms with Crippen molar-refractivity contribution < 1.29 is 10.2 Å². The van der Waals surface area contributed by atoms with Gasteiger partial charge in [-0.15, -0.1) is 0 Å². The largest absolute Gasteiger partial charge is 0.384 e. The van der Waals surface area contributed by atoms with Crippen LogP contribution in [0, 0.1) is 12.3 Å². The highest BCUT2D eigenvalue weighted by Gasteiger charge is 2.55. The van der Waals surface area contributed by atoms with Crippen molar-refractivity contribution >= 4 is 0 Å². The Bertz CT molecular complexity index is 1160. The molecule has 6 heteroatoms. The van der Waals surface area contributed by atoms with Gasteiger partial charge in [0.25, 0.3) is 0 Å². The van der Waals surface area contributed by atoms with Crippen LogP contribution >= 0.6 is 0 Å². The number of hydrogen-bond donors (Lipinski definition) is 2. The highest BCUT2D eigenvalue weighted by atomic mass is 16.3. The summed E-state index contributed by atoms with van der Waals surface area (Å²) in [7, 11) is 3.97. The van der Waals surface area contributed by atoms with Crippen LogP contribution in [0.1, 0.15) is 73.7 Å². The Morgan fingerprint density at radius 2 is 1.69 bits per heavy atom. The Hall–Kier alpha value is -2.54. The number of aryl methyl sites for hydroxylation is 3. The lowest BCUT2D eigenvalue weighted by atomic mass is 9.62. The maximum atomic E-state index is 12.4. The van der Waals surface area contributed by atoms with E-state index >= 15 is 0 Å². The summed E-state index contributed by atoms with van der Waals surface area (Å²) in [6.07, 6.45) is 4.77. The first-order valence-electron chi connectivity index (χ1n) is 12.5. The van der Waals surface area contributed by atoms with Gasteiger partial charge in [-0.2, -0.15) is 5.10 Å². The molecule has 2 N–H and O–H groups in total. The van der Waals surface area contributed by atoms with Crippen molar-refractivity contribution in [1.29, 1.82) is 0 Å². The molecule has 188 valence electrons. The van der Waals surface area contributed by atoms with Gasteiger partial charge in [-0.1, -0.05) is 45.0 Å². The predicted molar refractivity (Wildman–Crippen MR) is 139 cm³/mol. The molecule has 6 nitrogen and oxygen atoms in total. The van der Waals surface area contributed by atoms with Gasteiger partial charge in [-0.05, 0) is 68.5 Å². The molecule has 1 aromatic carbocycles. The van der Waals surface area contributed by atoms with Crippen LogP contribution in [0.25, 0.3) is 0 Å². The van der Waals surface area contributed by atoms with E-state index in [9.17, 15) is 10.2 Å². The molecule has 1 saturated heterocycles. The van der Waals surface area contributed by atoms with E-state index in [1.807, 2.05) is 33.2 Å². The summed E-state index contributed by atoms with van der Waals surface area (Å²) in [5.41, 5.74) is 3.08. The van der Waals surface area contributed by atoms with Crippen molar-refractivity contribution in [3.63, 3.8) is 0 Å². The Morgan fingerprint density at radius 3 is 2.23 bits per heavy atom. The molecular formula is C29H40N4O2. The first kappa shape index (κ1) is 25.5. The molecule has 3 aromatic rings. The molecule has 1 aliphatic rings. The van der Waals surface area contributed by atoms with Crippen LogP contribution < -0.4 is 0 Å². The number of likely N-dealkylation sites (tertiary alicyclic amines) is 1. The lowest BCUT2D eigenvalue weighted by Crippen LogP contribution is -2.63. The monoisotopic (exact) mass is 476 g/mol. The van der Waals surface area contributed by atoms with E-state index in [2.05, 4.69) is 73.1 Å². The minimum absolute atomic E-state index is 0.335. The average Bonchev–Trinajstić information content (AvgIpc) is 3.15. The first-order valence-corrected chi connectivity index (χ1v) is 12.5. The standard InChI is InChI=1S/C29H40N4O2/c1-20(2)23-8-10-24(11-9-23)29(35,27(4)18-32(6)19-27)25-15-22(16-30-17-25)12-13-28(5,34)26-14-21(3)33(7)31-26/h8-11,14-17,20,34-35H,12-13,18-19H2,1-7H3. The normalized spacial score (nSPS) is 19.3. The van der Waals surface area contributed by atoms with Gasteiger partial charge in [0.15, 0.2) is 0 Å². The highest BCUT2D eigenvalue weighted by molar-refractivity contribution is 5.42. The highest BCUT2D eigenvalue weighted by Crippen LogP contribution is 2.50. The minimum Gasteiger partial charge on any atom is -0.384 e. The summed E-state index contributed by atoms with van der Waals surface area (Å²) >= 11 is 0. The molecule has 0 radical (unpaired) electrons. The third-order valence-corrected chi connectivity index (χ3v) is 7.89. The summed E-state index contributed by atoms with van der Waals surface area (Å²) < 4.78 is 1.78. The molecule has 2 atom stereocenters. The Kier molecular flexibility index (Phi) is 6.68. The SMILES string of the molecule is Cc1cc(C(C)(O)CCc2cncc(C(O)(c3ccc(C(C)C)cc3)C3(C)CN(C)C3)c2)nn1C. The lowest BCUT2D eigenvalue weighted by Gasteiger charge is -2.56. The third kappa shape index (κ3) is 4.67. The summed E-state index contributed by atoms with van der Waals surface area (Å²) in [6.45, 7) is 11.9. The van der Waals surface area contributed by atoms with Crippen LogP contribution in [0.5, 0.6) is 0 Å². The van der Waals surface area contributed by atoms with Crippen molar-refractivity contribution in [3.8, 4) is 0 Å². The zero-order valence-corrected chi connectivity index (χ0v) is 22.2. The van der Waals surface area contributed by atoms with E-state index in [4.69, 9.17) is 0 Å². The van der Waals surface area contributed by atoms with E-state index in [0.29, 0.717) is 24.5 Å². The van der Waals surface area contributed by atoms with Crippen LogP contribution in [0.2, 0.25) is 0 Å². The van der Waals surface area contributed by atoms with Gasteiger partial charge in [0.1, 0.15) is 11.2 Å². The van der Waals surface area contributed by atoms with Crippen molar-refractivity contribution in [2.75, 3.05) is 20.1 Å². The molecule has 0 aliphatic carbocycles. The second-order valence-corrected chi connectivity index (χ2v) is 11.4. The zero-order chi connectivity index (χ0) is 25.6. The molecule has 0 spiro atoms. The van der Waals surface area contributed by atoms with Gasteiger partial charge in [0.2, 0.25) is 0 Å². The maximum Gasteiger partial charge on any atom is 0.124 e. The van der Waals surface area contributed by atoms with Crippen LogP contribution in [-0.4, -0.2) is 50.0 Å². The molecule has 1 aliphatic heterocycles. The lowest BCUT2D eigenvalue weighted by molar-refractivity contribution is -0.127. The zero-order valence-electron chi connectivity index (χ0n) is 22.2. The summed E-state index contributed by atoms with van der Waals surface area (Å²) in [5, 5.41) is 28.0. The van der Waals surface area contributed by atoms with Gasteiger partial charge in [-0.3, -0.25) is 9.67 Å². The topological polar surface area (TPSA) is 74.4 Å². The summed E-state index contributed by atoms with van der Waals surface area (Å²) in [4.78, 5) is 6.76. The van der Waals surface area contributed by atoms with Gasteiger partial charge in [-0.25, -0.2) is 0 Å². The van der Waals surface area contributed by atoms with Crippen LogP contribution in [-0.2, 0) is 24.7 Å². The third-order valence-electron chi connectivity index (χ3n) is 7.89. The van der Waals surface area contributed by atoms with Gasteiger partial charge in [0.05, 0.1) is 5.69 Å². The maximum absolute atomic E-state index is 12.4. The number of nitrogens with zero attached hydrogens (tertiary/aromatic N) is 4. The fraction of sp³-hybridized carbons (Fsp3) is 0.517. The van der Waals surface area contributed by atoms with Gasteiger partial charge < -0.3 is 15.1 Å². The van der Waals surface area contributed by atoms with Crippen molar-refractivity contribution in [1.82, 2.24) is 19.7 Å². The fourth-order valence-electron chi connectivity index (χ4n) is 5.51. The summed E-state index contributed by atoms with van der Waals surface area (Å²) in [5.74, 6) is 0.434. The van der Waals surface area contributed by atoms with E-state index in [1.165, 1.54) is 5.56 Å². The summed E-state index contributed by atoms with van der Waals surface area (Å²) in [6, 6.07) is 12.4. The quantitative estimate of drug-likeness (QED) is 0.508. The second-order valence-electron chi connectivity index (χ2n) is 11.4. The molecule has 3 heterocycles. The molecule has 4 rings (SSSR count). The molecule has 1 fully saturated rings. The predicted octanol–water partition coefficient (Wildman–Crippen LogP) is 4.27. The van der Waals surface area contributed by atoms with E-state index in [0.717, 1.165) is 35.5 Å². The van der Waals surface area contributed by atoms with Crippen molar-refractivity contribution in [2.45, 2.75) is 64.6 Å². The average molecular weight is 477 g/mol. The number of aliphatic hydroxyl groups is 2. The number of hydrogen-bond acceptors (Lipinski definition) is 5. The van der Waals surface area contributed by atoms with Crippen LogP contribution in [0.3, 0.4) is 0 Å². The van der Waals surface area contributed by atoms with Crippen LogP contribution in [0.4, 0.5) is 0 Å². The van der Waals surface area contributed by atoms with E-state index in [-0.39, 0.29) is 5.41 Å². The van der Waals surface area contributed by atoms with Gasteiger partial charge in [0, 0.05) is 49.2 Å². The molecule has 0 bridgehead atoms. The van der Waals surface area contributed by atoms with E-state index in [1.54, 1.807) is 10.9 Å². The Labute approximate surface area is 209 Å². The number of rotatable bonds is 8. The second kappa shape index (κ2) is 9.16. The molecular weight excluding hydrogens is 436 g/mol. The molecule has 2 aromatic heterocycles. The smallest absolute Gasteiger partial charge is 0.124 e. The van der Waals surface area contributed by atoms with Crippen molar-refractivity contribution in [2.24, 2.45) is 12.5 Å². The Morgan fingerprint density at radius 1 is 1.03 bits per heavy atom. The van der Waals surface area contributed by atoms with E-state index < -0.39 is 11.2 Å². The molecule has 0 saturated carbocycles.